The van der Waals surface area contributed by atoms with E-state index in [0.29, 0.717) is 27.9 Å². The van der Waals surface area contributed by atoms with Crippen LogP contribution in [0.1, 0.15) is 11.5 Å². The topological polar surface area (TPSA) is 77.1 Å². The predicted molar refractivity (Wildman–Crippen MR) is 108 cm³/mol. The lowest BCUT2D eigenvalue weighted by Crippen LogP contribution is -2.24. The van der Waals surface area contributed by atoms with Crippen molar-refractivity contribution in [1.82, 2.24) is 9.78 Å². The number of hydrogen-bond acceptors (Lipinski definition) is 4. The number of anilines is 1. The molecule has 0 radical (unpaired) electrons. The summed E-state index contributed by atoms with van der Waals surface area (Å²) < 4.78 is 6.96. The maximum absolute atomic E-state index is 12.7. The number of aromatic nitrogens is 2. The molecule has 140 valence electrons. The molecular formula is C22H19N3O3. The van der Waals surface area contributed by atoms with Crippen LogP contribution in [0.4, 0.5) is 5.69 Å². The van der Waals surface area contributed by atoms with Crippen molar-refractivity contribution in [3.05, 3.63) is 82.5 Å². The predicted octanol–water partition coefficient (Wildman–Crippen LogP) is 3.68. The largest absolute Gasteiger partial charge is 0.461 e. The summed E-state index contributed by atoms with van der Waals surface area (Å²) in [5, 5.41) is 8.47. The van der Waals surface area contributed by atoms with Crippen LogP contribution in [0.3, 0.4) is 0 Å². The van der Waals surface area contributed by atoms with E-state index in [1.54, 1.807) is 19.2 Å². The molecule has 0 saturated heterocycles. The average molecular weight is 373 g/mol. The summed E-state index contributed by atoms with van der Waals surface area (Å²) in [6, 6.07) is 18.4. The number of fused-ring (bicyclic) bond motifs is 1. The highest BCUT2D eigenvalue weighted by molar-refractivity contribution is 5.98. The van der Waals surface area contributed by atoms with Gasteiger partial charge in [0.25, 0.3) is 5.56 Å². The van der Waals surface area contributed by atoms with E-state index in [0.717, 1.165) is 11.3 Å². The van der Waals surface area contributed by atoms with Gasteiger partial charge in [0.2, 0.25) is 5.91 Å². The molecular weight excluding hydrogens is 354 g/mol. The number of amides is 1. The minimum atomic E-state index is -0.216. The zero-order chi connectivity index (χ0) is 19.7. The lowest BCUT2D eigenvalue weighted by atomic mass is 10.1. The minimum absolute atomic E-state index is 0.0557. The standard InChI is InChI=1S/C22H19N3O3/c1-14-11-12-20(28-14)17-9-5-6-10-18(17)23-21(26)13-19-15-7-3-4-8-16(15)22(27)25(2)24-19/h3-12H,13H2,1-2H3,(H,23,26). The molecule has 28 heavy (non-hydrogen) atoms. The van der Waals surface area contributed by atoms with Crippen LogP contribution < -0.4 is 10.9 Å². The van der Waals surface area contributed by atoms with E-state index in [-0.39, 0.29) is 17.9 Å². The lowest BCUT2D eigenvalue weighted by molar-refractivity contribution is -0.115. The Morgan fingerprint density at radius 3 is 2.50 bits per heavy atom. The number of para-hydroxylation sites is 1. The summed E-state index contributed by atoms with van der Waals surface area (Å²) in [5.74, 6) is 1.28. The van der Waals surface area contributed by atoms with E-state index in [4.69, 9.17) is 4.42 Å². The zero-order valence-electron chi connectivity index (χ0n) is 15.6. The number of carbonyl (C=O) groups excluding carboxylic acids is 1. The van der Waals surface area contributed by atoms with Gasteiger partial charge in [-0.05, 0) is 37.3 Å². The Hall–Kier alpha value is -3.67. The fourth-order valence-electron chi connectivity index (χ4n) is 3.24. The van der Waals surface area contributed by atoms with Crippen LogP contribution in [0.2, 0.25) is 0 Å². The molecule has 0 saturated carbocycles. The van der Waals surface area contributed by atoms with Gasteiger partial charge in [-0.2, -0.15) is 5.10 Å². The summed E-state index contributed by atoms with van der Waals surface area (Å²) in [6.07, 6.45) is 0.0557. The monoisotopic (exact) mass is 373 g/mol. The van der Waals surface area contributed by atoms with Gasteiger partial charge in [0.15, 0.2) is 0 Å². The van der Waals surface area contributed by atoms with Crippen molar-refractivity contribution in [1.29, 1.82) is 0 Å². The van der Waals surface area contributed by atoms with E-state index in [2.05, 4.69) is 10.4 Å². The van der Waals surface area contributed by atoms with Crippen LogP contribution in [-0.2, 0) is 18.3 Å². The summed E-state index contributed by atoms with van der Waals surface area (Å²) in [6.45, 7) is 1.88. The molecule has 2 heterocycles. The van der Waals surface area contributed by atoms with Crippen molar-refractivity contribution in [2.75, 3.05) is 5.32 Å². The number of furan rings is 1. The molecule has 2 aromatic heterocycles. The second-order valence-corrected chi connectivity index (χ2v) is 6.60. The highest BCUT2D eigenvalue weighted by atomic mass is 16.3. The number of nitrogens with one attached hydrogen (secondary N) is 1. The molecule has 4 rings (SSSR count). The van der Waals surface area contributed by atoms with E-state index in [1.807, 2.05) is 55.5 Å². The fraction of sp³-hybridized carbons (Fsp3) is 0.136. The van der Waals surface area contributed by atoms with Gasteiger partial charge in [0, 0.05) is 18.0 Å². The van der Waals surface area contributed by atoms with Gasteiger partial charge in [0.05, 0.1) is 23.2 Å². The van der Waals surface area contributed by atoms with Crippen molar-refractivity contribution < 1.29 is 9.21 Å². The first kappa shape index (κ1) is 17.7. The highest BCUT2D eigenvalue weighted by Gasteiger charge is 2.15. The van der Waals surface area contributed by atoms with Gasteiger partial charge in [-0.1, -0.05) is 30.3 Å². The van der Waals surface area contributed by atoms with Crippen LogP contribution in [-0.4, -0.2) is 15.7 Å². The summed E-state index contributed by atoms with van der Waals surface area (Å²) in [5.41, 5.74) is 1.85. The van der Waals surface area contributed by atoms with E-state index in [1.165, 1.54) is 4.68 Å². The van der Waals surface area contributed by atoms with Gasteiger partial charge in [0.1, 0.15) is 11.5 Å². The molecule has 0 fully saturated rings. The van der Waals surface area contributed by atoms with E-state index < -0.39 is 0 Å². The number of nitrogens with zero attached hydrogens (tertiary/aromatic N) is 2. The second kappa shape index (κ2) is 7.15. The molecule has 6 heteroatoms. The van der Waals surface area contributed by atoms with Crippen LogP contribution in [0.25, 0.3) is 22.1 Å². The first-order valence-corrected chi connectivity index (χ1v) is 8.93. The molecule has 0 bridgehead atoms. The highest BCUT2D eigenvalue weighted by Crippen LogP contribution is 2.29. The normalized spacial score (nSPS) is 10.9. The van der Waals surface area contributed by atoms with Gasteiger partial charge < -0.3 is 9.73 Å². The summed E-state index contributed by atoms with van der Waals surface area (Å²) >= 11 is 0. The van der Waals surface area contributed by atoms with Crippen LogP contribution >= 0.6 is 0 Å². The first-order valence-electron chi connectivity index (χ1n) is 8.93. The number of carbonyl (C=O) groups is 1. The molecule has 1 amide bonds. The molecule has 0 spiro atoms. The number of hydrogen-bond donors (Lipinski definition) is 1. The SMILES string of the molecule is Cc1ccc(-c2ccccc2NC(=O)Cc2nn(C)c(=O)c3ccccc23)o1. The third-order valence-electron chi connectivity index (χ3n) is 4.57. The maximum atomic E-state index is 12.7. The summed E-state index contributed by atoms with van der Waals surface area (Å²) in [7, 11) is 1.59. The van der Waals surface area contributed by atoms with Crippen molar-refractivity contribution in [3.63, 3.8) is 0 Å². The van der Waals surface area contributed by atoms with Crippen molar-refractivity contribution in [3.8, 4) is 11.3 Å². The Morgan fingerprint density at radius 2 is 1.75 bits per heavy atom. The van der Waals surface area contributed by atoms with Gasteiger partial charge in [-0.15, -0.1) is 0 Å². The number of benzene rings is 2. The van der Waals surface area contributed by atoms with Crippen LogP contribution in [0.5, 0.6) is 0 Å². The van der Waals surface area contributed by atoms with E-state index in [9.17, 15) is 9.59 Å². The molecule has 0 atom stereocenters. The van der Waals surface area contributed by atoms with Crippen LogP contribution in [0, 0.1) is 6.92 Å². The van der Waals surface area contributed by atoms with Crippen molar-refractivity contribution in [2.45, 2.75) is 13.3 Å². The molecule has 0 aliphatic carbocycles. The molecule has 4 aromatic rings. The van der Waals surface area contributed by atoms with Gasteiger partial charge >= 0.3 is 0 Å². The minimum Gasteiger partial charge on any atom is -0.461 e. The zero-order valence-corrected chi connectivity index (χ0v) is 15.6. The third-order valence-corrected chi connectivity index (χ3v) is 4.57. The van der Waals surface area contributed by atoms with Gasteiger partial charge in [-0.25, -0.2) is 4.68 Å². The Labute approximate surface area is 161 Å². The molecule has 0 aliphatic rings. The molecule has 1 N–H and O–H groups in total. The van der Waals surface area contributed by atoms with E-state index >= 15 is 0 Å². The first-order chi connectivity index (χ1) is 13.5. The average Bonchev–Trinajstić information content (AvgIpc) is 3.12. The van der Waals surface area contributed by atoms with Crippen molar-refractivity contribution in [2.24, 2.45) is 7.05 Å². The van der Waals surface area contributed by atoms with Gasteiger partial charge in [-0.3, -0.25) is 9.59 Å². The number of rotatable bonds is 4. The van der Waals surface area contributed by atoms with Crippen LogP contribution in [0.15, 0.2) is 69.9 Å². The number of aryl methyl sites for hydroxylation is 2. The quantitative estimate of drug-likeness (QED) is 0.592. The molecule has 0 aliphatic heterocycles. The Bertz CT molecular complexity index is 1240. The fourth-order valence-corrected chi connectivity index (χ4v) is 3.24. The third kappa shape index (κ3) is 3.32. The Morgan fingerprint density at radius 1 is 1.04 bits per heavy atom. The Balaban J connectivity index is 1.64. The summed E-state index contributed by atoms with van der Waals surface area (Å²) in [4.78, 5) is 25.0. The maximum Gasteiger partial charge on any atom is 0.274 e. The molecule has 0 unspecified atom stereocenters. The Kier molecular flexibility index (Phi) is 4.53. The molecule has 6 nitrogen and oxygen atoms in total. The smallest absolute Gasteiger partial charge is 0.274 e. The van der Waals surface area contributed by atoms with Crippen molar-refractivity contribution >= 4 is 22.4 Å². The molecule has 2 aromatic carbocycles. The second-order valence-electron chi connectivity index (χ2n) is 6.60. The lowest BCUT2D eigenvalue weighted by Gasteiger charge is -2.11.